The molecule has 0 unspecified atom stereocenters. The summed E-state index contributed by atoms with van der Waals surface area (Å²) in [6, 6.07) is 20.2. The number of para-hydroxylation sites is 1. The van der Waals surface area contributed by atoms with E-state index in [0.29, 0.717) is 40.8 Å². The van der Waals surface area contributed by atoms with Crippen LogP contribution in [0.15, 0.2) is 77.7 Å². The Morgan fingerprint density at radius 3 is 2.28 bits per heavy atom. The molecule has 0 saturated carbocycles. The van der Waals surface area contributed by atoms with E-state index < -0.39 is 0 Å². The third-order valence-electron chi connectivity index (χ3n) is 6.69. The Morgan fingerprint density at radius 2 is 1.50 bits per heavy atom. The maximum absolute atomic E-state index is 13.4. The van der Waals surface area contributed by atoms with Gasteiger partial charge in [0.15, 0.2) is 0 Å². The van der Waals surface area contributed by atoms with Gasteiger partial charge in [0.25, 0.3) is 17.4 Å². The number of aromatic nitrogens is 4. The van der Waals surface area contributed by atoms with Gasteiger partial charge in [0.1, 0.15) is 5.82 Å². The van der Waals surface area contributed by atoms with Gasteiger partial charge in [-0.1, -0.05) is 36.4 Å². The second-order valence-electron chi connectivity index (χ2n) is 9.01. The molecular weight excluding hydrogens is 454 g/mol. The molecule has 1 aliphatic heterocycles. The highest BCUT2D eigenvalue weighted by Crippen LogP contribution is 2.23. The molecule has 0 spiro atoms. The van der Waals surface area contributed by atoms with E-state index in [4.69, 9.17) is 4.98 Å². The molecular formula is C28H23N5O3. The monoisotopic (exact) mass is 477 g/mol. The van der Waals surface area contributed by atoms with Gasteiger partial charge >= 0.3 is 0 Å². The van der Waals surface area contributed by atoms with Gasteiger partial charge in [-0.05, 0) is 42.3 Å². The summed E-state index contributed by atoms with van der Waals surface area (Å²) in [6.45, 7) is 0.573. The van der Waals surface area contributed by atoms with Crippen molar-refractivity contribution in [1.82, 2.24) is 24.2 Å². The van der Waals surface area contributed by atoms with Crippen molar-refractivity contribution in [1.29, 1.82) is 0 Å². The van der Waals surface area contributed by atoms with Crippen molar-refractivity contribution in [3.8, 4) is 0 Å². The van der Waals surface area contributed by atoms with Crippen LogP contribution < -0.4 is 5.56 Å². The zero-order chi connectivity index (χ0) is 24.8. The lowest BCUT2D eigenvalue weighted by atomic mass is 10.1. The molecule has 8 nitrogen and oxygen atoms in total. The van der Waals surface area contributed by atoms with Crippen molar-refractivity contribution in [3.63, 3.8) is 0 Å². The Balaban J connectivity index is 1.30. The summed E-state index contributed by atoms with van der Waals surface area (Å²) in [5.74, 6) is -0.0722. The lowest BCUT2D eigenvalue weighted by Gasteiger charge is -2.17. The Bertz CT molecular complexity index is 1700. The van der Waals surface area contributed by atoms with Crippen LogP contribution in [-0.2, 0) is 26.4 Å². The van der Waals surface area contributed by atoms with Crippen LogP contribution in [0.4, 0.5) is 0 Å². The third kappa shape index (κ3) is 3.67. The van der Waals surface area contributed by atoms with Crippen molar-refractivity contribution in [2.45, 2.75) is 19.4 Å². The Labute approximate surface area is 206 Å². The molecule has 2 amide bonds. The number of rotatable bonds is 6. The summed E-state index contributed by atoms with van der Waals surface area (Å²) in [7, 11) is 1.89. The number of carbonyl (C=O) groups excluding carboxylic acids is 2. The van der Waals surface area contributed by atoms with E-state index in [1.54, 1.807) is 39.6 Å². The minimum absolute atomic E-state index is 0.128. The molecule has 5 aromatic rings. The van der Waals surface area contributed by atoms with E-state index >= 15 is 0 Å². The molecule has 6 rings (SSSR count). The Kier molecular flexibility index (Phi) is 5.21. The van der Waals surface area contributed by atoms with E-state index in [-0.39, 0.29) is 30.3 Å². The van der Waals surface area contributed by atoms with Gasteiger partial charge in [0, 0.05) is 38.1 Å². The van der Waals surface area contributed by atoms with E-state index in [1.165, 1.54) is 4.90 Å². The summed E-state index contributed by atoms with van der Waals surface area (Å²) in [4.78, 5) is 45.1. The molecule has 0 bridgehead atoms. The number of benzene rings is 3. The SMILES string of the molecule is Cn1cc2ccc(CCn3c(CCN4C(=O)c5ccccc5C4=O)nc4ccccc4c3=O)cc2n1. The van der Waals surface area contributed by atoms with Gasteiger partial charge in [-0.25, -0.2) is 4.98 Å². The fourth-order valence-electron chi connectivity index (χ4n) is 4.87. The number of fused-ring (bicyclic) bond motifs is 3. The molecule has 0 fully saturated rings. The largest absolute Gasteiger partial charge is 0.296 e. The Hall–Kier alpha value is -4.59. The number of hydrogen-bond acceptors (Lipinski definition) is 5. The van der Waals surface area contributed by atoms with Crippen molar-refractivity contribution < 1.29 is 9.59 Å². The zero-order valence-electron chi connectivity index (χ0n) is 19.7. The van der Waals surface area contributed by atoms with Crippen LogP contribution in [0.2, 0.25) is 0 Å². The summed E-state index contributed by atoms with van der Waals surface area (Å²) >= 11 is 0. The normalized spacial score (nSPS) is 13.2. The van der Waals surface area contributed by atoms with E-state index in [1.807, 2.05) is 49.6 Å². The smallest absolute Gasteiger partial charge is 0.261 e. The van der Waals surface area contributed by atoms with E-state index in [9.17, 15) is 14.4 Å². The van der Waals surface area contributed by atoms with Crippen molar-refractivity contribution in [3.05, 3.63) is 106 Å². The summed E-state index contributed by atoms with van der Waals surface area (Å²) in [6.07, 6.45) is 2.87. The third-order valence-corrected chi connectivity index (χ3v) is 6.69. The van der Waals surface area contributed by atoms with Crippen molar-refractivity contribution >= 4 is 33.6 Å². The van der Waals surface area contributed by atoms with Gasteiger partial charge in [-0.3, -0.25) is 28.5 Å². The molecule has 8 heteroatoms. The predicted molar refractivity (Wildman–Crippen MR) is 136 cm³/mol. The van der Waals surface area contributed by atoms with E-state index in [2.05, 4.69) is 5.10 Å². The highest BCUT2D eigenvalue weighted by atomic mass is 16.2. The number of amides is 2. The second-order valence-corrected chi connectivity index (χ2v) is 9.01. The molecule has 0 saturated heterocycles. The second kappa shape index (κ2) is 8.57. The lowest BCUT2D eigenvalue weighted by Crippen LogP contribution is -2.34. The van der Waals surface area contributed by atoms with Crippen LogP contribution in [0, 0.1) is 0 Å². The van der Waals surface area contributed by atoms with Gasteiger partial charge < -0.3 is 0 Å². The van der Waals surface area contributed by atoms with Gasteiger partial charge in [-0.2, -0.15) is 5.10 Å². The first-order valence-electron chi connectivity index (χ1n) is 11.9. The van der Waals surface area contributed by atoms with Crippen LogP contribution in [0.1, 0.15) is 32.1 Å². The van der Waals surface area contributed by atoms with Crippen molar-refractivity contribution in [2.24, 2.45) is 7.05 Å². The molecule has 0 atom stereocenters. The number of nitrogens with zero attached hydrogens (tertiary/aromatic N) is 5. The average Bonchev–Trinajstić information content (AvgIpc) is 3.38. The molecule has 3 heterocycles. The minimum Gasteiger partial charge on any atom is -0.296 e. The summed E-state index contributed by atoms with van der Waals surface area (Å²) < 4.78 is 3.45. The fourth-order valence-corrected chi connectivity index (χ4v) is 4.87. The first kappa shape index (κ1) is 21.9. The van der Waals surface area contributed by atoms with Gasteiger partial charge in [0.2, 0.25) is 0 Å². The van der Waals surface area contributed by atoms with Crippen LogP contribution in [0.5, 0.6) is 0 Å². The number of aryl methyl sites for hydroxylation is 2. The number of carbonyl (C=O) groups is 2. The fraction of sp³-hybridized carbons (Fsp3) is 0.179. The molecule has 178 valence electrons. The zero-order valence-corrected chi connectivity index (χ0v) is 19.7. The number of hydrogen-bond donors (Lipinski definition) is 0. The van der Waals surface area contributed by atoms with Crippen molar-refractivity contribution in [2.75, 3.05) is 6.54 Å². The highest BCUT2D eigenvalue weighted by Gasteiger charge is 2.34. The van der Waals surface area contributed by atoms with Gasteiger partial charge in [-0.15, -0.1) is 0 Å². The van der Waals surface area contributed by atoms with Crippen LogP contribution in [-0.4, -0.2) is 42.6 Å². The highest BCUT2D eigenvalue weighted by molar-refractivity contribution is 6.21. The molecule has 3 aromatic carbocycles. The van der Waals surface area contributed by atoms with Crippen LogP contribution >= 0.6 is 0 Å². The maximum Gasteiger partial charge on any atom is 0.261 e. The minimum atomic E-state index is -0.311. The Morgan fingerprint density at radius 1 is 0.778 bits per heavy atom. The first-order valence-corrected chi connectivity index (χ1v) is 11.9. The lowest BCUT2D eigenvalue weighted by molar-refractivity contribution is 0.0655. The van der Waals surface area contributed by atoms with Crippen LogP contribution in [0.3, 0.4) is 0 Å². The first-order chi connectivity index (χ1) is 17.5. The topological polar surface area (TPSA) is 90.1 Å². The summed E-state index contributed by atoms with van der Waals surface area (Å²) in [5, 5.41) is 6.08. The average molecular weight is 478 g/mol. The van der Waals surface area contributed by atoms with E-state index in [0.717, 1.165) is 16.5 Å². The molecule has 1 aliphatic rings. The molecule has 0 N–H and O–H groups in total. The van der Waals surface area contributed by atoms with Crippen LogP contribution in [0.25, 0.3) is 21.8 Å². The number of imide groups is 1. The standard InChI is InChI=1S/C28H23N5O3/c1-31-17-19-11-10-18(16-24(19)30-31)12-14-32-25(29-23-9-5-4-8-22(23)28(32)36)13-15-33-26(34)20-6-2-3-7-21(20)27(33)35/h2-11,16-17H,12-15H2,1H3. The molecule has 36 heavy (non-hydrogen) atoms. The molecule has 2 aromatic heterocycles. The summed E-state index contributed by atoms with van der Waals surface area (Å²) in [5.41, 5.74) is 3.27. The molecule has 0 radical (unpaired) electrons. The quantitative estimate of drug-likeness (QED) is 0.350. The maximum atomic E-state index is 13.4. The predicted octanol–water partition coefficient (Wildman–Crippen LogP) is 3.36. The molecule has 0 aliphatic carbocycles. The van der Waals surface area contributed by atoms with Gasteiger partial charge in [0.05, 0.1) is 27.5 Å².